The quantitative estimate of drug-likeness (QED) is 0.773. The Bertz CT molecular complexity index is 651. The van der Waals surface area contributed by atoms with Crippen LogP contribution in [0.1, 0.15) is 44.9 Å². The highest BCUT2D eigenvalue weighted by Gasteiger charge is 2.24. The zero-order valence-electron chi connectivity index (χ0n) is 15.5. The molecule has 0 radical (unpaired) electrons. The summed E-state index contributed by atoms with van der Waals surface area (Å²) in [5.41, 5.74) is 5.17. The second-order valence-corrected chi connectivity index (χ2v) is 7.01. The minimum Gasteiger partial charge on any atom is -0.443 e. The lowest BCUT2D eigenvalue weighted by Gasteiger charge is -2.30. The number of carbonyl (C=O) groups excluding carboxylic acids is 1. The summed E-state index contributed by atoms with van der Waals surface area (Å²) in [6, 6.07) is 20.4. The number of rotatable bonds is 6. The van der Waals surface area contributed by atoms with Crippen molar-refractivity contribution in [3.63, 3.8) is 0 Å². The van der Waals surface area contributed by atoms with Crippen molar-refractivity contribution in [2.24, 2.45) is 0 Å². The van der Waals surface area contributed by atoms with Crippen LogP contribution in [0.3, 0.4) is 0 Å². The van der Waals surface area contributed by atoms with E-state index in [9.17, 15) is 4.79 Å². The van der Waals surface area contributed by atoms with Gasteiger partial charge in [-0.05, 0) is 45.2 Å². The van der Waals surface area contributed by atoms with Gasteiger partial charge in [-0.3, -0.25) is 0 Å². The zero-order valence-corrected chi connectivity index (χ0v) is 15.5. The normalized spacial score (nSPS) is 12.5. The van der Waals surface area contributed by atoms with Crippen molar-refractivity contribution in [1.82, 2.24) is 10.4 Å². The van der Waals surface area contributed by atoms with Crippen molar-refractivity contribution in [2.75, 3.05) is 6.54 Å². The van der Waals surface area contributed by atoms with Gasteiger partial charge in [-0.1, -0.05) is 60.7 Å². The first-order valence-electron chi connectivity index (χ1n) is 8.74. The van der Waals surface area contributed by atoms with Crippen molar-refractivity contribution in [3.05, 3.63) is 71.8 Å². The van der Waals surface area contributed by atoms with E-state index in [0.29, 0.717) is 6.54 Å². The number of amides is 1. The second-order valence-electron chi connectivity index (χ2n) is 7.01. The fourth-order valence-electron chi connectivity index (χ4n) is 2.55. The number of hydrogen-bond donors (Lipinski definition) is 1. The van der Waals surface area contributed by atoms with Gasteiger partial charge in [-0.15, -0.1) is 0 Å². The fraction of sp³-hybridized carbons (Fsp3) is 0.381. The van der Waals surface area contributed by atoms with E-state index in [1.54, 1.807) is 5.01 Å². The van der Waals surface area contributed by atoms with Crippen LogP contribution in [0.4, 0.5) is 4.79 Å². The summed E-state index contributed by atoms with van der Waals surface area (Å²) < 4.78 is 5.50. The third-order valence-electron chi connectivity index (χ3n) is 3.73. The largest absolute Gasteiger partial charge is 0.443 e. The molecule has 0 aliphatic carbocycles. The molecule has 4 nitrogen and oxygen atoms in total. The molecule has 2 aromatic rings. The SMILES string of the molecule is CCN(NC(Cc1ccccc1)c1ccccc1)C(=O)OC(C)(C)C. The van der Waals surface area contributed by atoms with Crippen LogP contribution in [-0.2, 0) is 11.2 Å². The van der Waals surface area contributed by atoms with E-state index in [0.717, 1.165) is 12.0 Å². The molecule has 2 rings (SSSR count). The highest BCUT2D eigenvalue weighted by molar-refractivity contribution is 5.67. The summed E-state index contributed by atoms with van der Waals surface area (Å²) in [5, 5.41) is 1.55. The molecule has 1 amide bonds. The van der Waals surface area contributed by atoms with Gasteiger partial charge in [-0.2, -0.15) is 0 Å². The molecule has 4 heteroatoms. The average Bonchev–Trinajstić information content (AvgIpc) is 2.58. The molecule has 0 spiro atoms. The van der Waals surface area contributed by atoms with Crippen molar-refractivity contribution in [3.8, 4) is 0 Å². The summed E-state index contributed by atoms with van der Waals surface area (Å²) >= 11 is 0. The monoisotopic (exact) mass is 340 g/mol. The molecule has 0 saturated heterocycles. The molecule has 0 aliphatic heterocycles. The van der Waals surface area contributed by atoms with Crippen LogP contribution in [-0.4, -0.2) is 23.2 Å². The topological polar surface area (TPSA) is 41.6 Å². The van der Waals surface area contributed by atoms with E-state index in [-0.39, 0.29) is 12.1 Å². The maximum Gasteiger partial charge on any atom is 0.424 e. The molecule has 2 aromatic carbocycles. The van der Waals surface area contributed by atoms with Crippen molar-refractivity contribution >= 4 is 6.09 Å². The molecule has 134 valence electrons. The molecular formula is C21H28N2O2. The van der Waals surface area contributed by atoms with E-state index in [1.807, 2.05) is 64.1 Å². The third-order valence-corrected chi connectivity index (χ3v) is 3.73. The number of hydrogen-bond acceptors (Lipinski definition) is 3. The Kier molecular flexibility index (Phi) is 6.59. The number of hydrazine groups is 1. The third kappa shape index (κ3) is 6.24. The Morgan fingerprint density at radius 2 is 1.60 bits per heavy atom. The molecule has 25 heavy (non-hydrogen) atoms. The molecule has 0 saturated carbocycles. The summed E-state index contributed by atoms with van der Waals surface area (Å²) in [5.74, 6) is 0. The number of carbonyl (C=O) groups is 1. The average molecular weight is 340 g/mol. The van der Waals surface area contributed by atoms with E-state index in [1.165, 1.54) is 5.56 Å². The maximum atomic E-state index is 12.5. The van der Waals surface area contributed by atoms with Gasteiger partial charge in [0, 0.05) is 6.54 Å². The van der Waals surface area contributed by atoms with Crippen LogP contribution in [0.2, 0.25) is 0 Å². The fourth-order valence-corrected chi connectivity index (χ4v) is 2.55. The Labute approximate surface area is 150 Å². The molecule has 1 unspecified atom stereocenters. The van der Waals surface area contributed by atoms with E-state index >= 15 is 0 Å². The number of nitrogens with one attached hydrogen (secondary N) is 1. The molecule has 0 heterocycles. The summed E-state index contributed by atoms with van der Waals surface area (Å²) in [6.45, 7) is 8.07. The van der Waals surface area contributed by atoms with Gasteiger partial charge < -0.3 is 4.74 Å². The van der Waals surface area contributed by atoms with Gasteiger partial charge in [-0.25, -0.2) is 15.2 Å². The first-order chi connectivity index (χ1) is 11.9. The van der Waals surface area contributed by atoms with E-state index in [2.05, 4.69) is 29.7 Å². The predicted octanol–water partition coefficient (Wildman–Crippen LogP) is 4.73. The van der Waals surface area contributed by atoms with Crippen molar-refractivity contribution < 1.29 is 9.53 Å². The number of nitrogens with zero attached hydrogens (tertiary/aromatic N) is 1. The van der Waals surface area contributed by atoms with Crippen LogP contribution in [0.15, 0.2) is 60.7 Å². The maximum absolute atomic E-state index is 12.5. The van der Waals surface area contributed by atoms with Crippen LogP contribution < -0.4 is 5.43 Å². The van der Waals surface area contributed by atoms with Crippen molar-refractivity contribution in [2.45, 2.75) is 45.8 Å². The van der Waals surface area contributed by atoms with Crippen LogP contribution in [0.25, 0.3) is 0 Å². The van der Waals surface area contributed by atoms with Crippen LogP contribution in [0.5, 0.6) is 0 Å². The van der Waals surface area contributed by atoms with Gasteiger partial charge in [0.15, 0.2) is 0 Å². The molecule has 1 N–H and O–H groups in total. The van der Waals surface area contributed by atoms with Crippen LogP contribution >= 0.6 is 0 Å². The summed E-state index contributed by atoms with van der Waals surface area (Å²) in [6.07, 6.45) is 0.424. The first-order valence-corrected chi connectivity index (χ1v) is 8.74. The molecule has 1 atom stereocenters. The minimum atomic E-state index is -0.520. The van der Waals surface area contributed by atoms with Gasteiger partial charge in [0.1, 0.15) is 5.60 Å². The number of benzene rings is 2. The predicted molar refractivity (Wildman–Crippen MR) is 101 cm³/mol. The lowest BCUT2D eigenvalue weighted by molar-refractivity contribution is 0.0110. The smallest absolute Gasteiger partial charge is 0.424 e. The van der Waals surface area contributed by atoms with E-state index < -0.39 is 5.60 Å². The molecule has 0 bridgehead atoms. The Balaban J connectivity index is 2.18. The standard InChI is InChI=1S/C21H28N2O2/c1-5-23(20(24)25-21(2,3)4)22-19(18-14-10-7-11-15-18)16-17-12-8-6-9-13-17/h6-15,19,22H,5,16H2,1-4H3. The molecule has 0 aromatic heterocycles. The van der Waals surface area contributed by atoms with Gasteiger partial charge in [0.05, 0.1) is 6.04 Å². The Hall–Kier alpha value is -2.33. The Morgan fingerprint density at radius 1 is 1.04 bits per heavy atom. The molecule has 0 aliphatic rings. The molecular weight excluding hydrogens is 312 g/mol. The van der Waals surface area contributed by atoms with Gasteiger partial charge >= 0.3 is 6.09 Å². The summed E-state index contributed by atoms with van der Waals surface area (Å²) in [7, 11) is 0. The lowest BCUT2D eigenvalue weighted by atomic mass is 9.99. The van der Waals surface area contributed by atoms with Gasteiger partial charge in [0.2, 0.25) is 0 Å². The summed E-state index contributed by atoms with van der Waals surface area (Å²) in [4.78, 5) is 12.5. The highest BCUT2D eigenvalue weighted by Crippen LogP contribution is 2.20. The van der Waals surface area contributed by atoms with Gasteiger partial charge in [0.25, 0.3) is 0 Å². The zero-order chi connectivity index (χ0) is 18.3. The molecule has 0 fully saturated rings. The van der Waals surface area contributed by atoms with Crippen molar-refractivity contribution in [1.29, 1.82) is 0 Å². The Morgan fingerprint density at radius 3 is 2.12 bits per heavy atom. The first kappa shape index (κ1) is 19.0. The van der Waals surface area contributed by atoms with Crippen LogP contribution in [0, 0.1) is 0 Å². The minimum absolute atomic E-state index is 0.0175. The number of ether oxygens (including phenoxy) is 1. The second kappa shape index (κ2) is 8.67. The lowest BCUT2D eigenvalue weighted by Crippen LogP contribution is -2.47. The van der Waals surface area contributed by atoms with E-state index in [4.69, 9.17) is 4.74 Å². The highest BCUT2D eigenvalue weighted by atomic mass is 16.6.